The molecule has 1 aromatic heterocycles. The molecular formula is C21H19N5O4. The number of nitrogens with zero attached hydrogens (tertiary/aromatic N) is 2. The minimum absolute atomic E-state index is 0.0140. The van der Waals surface area contributed by atoms with Gasteiger partial charge in [0.2, 0.25) is 5.91 Å². The second-order valence-electron chi connectivity index (χ2n) is 6.64. The number of rotatable bonds is 5. The van der Waals surface area contributed by atoms with E-state index >= 15 is 0 Å². The minimum atomic E-state index is -0.514. The number of imidazole rings is 1. The molecule has 0 aliphatic carbocycles. The van der Waals surface area contributed by atoms with Crippen molar-refractivity contribution in [3.63, 3.8) is 0 Å². The fourth-order valence-corrected chi connectivity index (χ4v) is 3.08. The number of hydrogen-bond acceptors (Lipinski definition) is 5. The first-order valence-corrected chi connectivity index (χ1v) is 9.33. The van der Waals surface area contributed by atoms with E-state index < -0.39 is 11.8 Å². The molecule has 0 bridgehead atoms. The average molecular weight is 405 g/mol. The van der Waals surface area contributed by atoms with Crippen LogP contribution in [-0.2, 0) is 16.0 Å². The van der Waals surface area contributed by atoms with Crippen molar-refractivity contribution in [2.75, 3.05) is 11.9 Å². The van der Waals surface area contributed by atoms with Crippen LogP contribution >= 0.6 is 0 Å². The number of nitrogens with one attached hydrogen (secondary N) is 3. The molecule has 3 N–H and O–H groups in total. The first-order valence-electron chi connectivity index (χ1n) is 9.33. The predicted octanol–water partition coefficient (Wildman–Crippen LogP) is 1.60. The number of ether oxygens (including phenoxy) is 1. The Kier molecular flexibility index (Phi) is 5.42. The lowest BCUT2D eigenvalue weighted by atomic mass is 10.0. The molecular weight excluding hydrogens is 386 g/mol. The highest BCUT2D eigenvalue weighted by molar-refractivity contribution is 5.95. The first kappa shape index (κ1) is 19.2. The summed E-state index contributed by atoms with van der Waals surface area (Å²) in [7, 11) is 0. The van der Waals surface area contributed by atoms with E-state index in [2.05, 4.69) is 21.2 Å². The Morgan fingerprint density at radius 3 is 2.77 bits per heavy atom. The number of hydrazine groups is 1. The molecule has 2 aromatic carbocycles. The van der Waals surface area contributed by atoms with E-state index in [1.54, 1.807) is 22.8 Å². The van der Waals surface area contributed by atoms with Crippen molar-refractivity contribution >= 4 is 23.4 Å². The predicted molar refractivity (Wildman–Crippen MR) is 108 cm³/mol. The number of carbonyl (C=O) groups excluding carboxylic acids is 3. The summed E-state index contributed by atoms with van der Waals surface area (Å²) in [6, 6.07) is 14.5. The molecule has 9 nitrogen and oxygen atoms in total. The van der Waals surface area contributed by atoms with Crippen molar-refractivity contribution in [2.45, 2.75) is 12.8 Å². The van der Waals surface area contributed by atoms with Crippen molar-refractivity contribution < 1.29 is 19.1 Å². The van der Waals surface area contributed by atoms with E-state index in [4.69, 9.17) is 4.74 Å². The number of aryl methyl sites for hydroxylation is 1. The van der Waals surface area contributed by atoms with E-state index in [-0.39, 0.29) is 18.2 Å². The summed E-state index contributed by atoms with van der Waals surface area (Å²) >= 11 is 0. The SMILES string of the molecule is O=C(COc1ccc2c(c1)CCC(=O)N2)NNC(=O)c1cncn1-c1ccccc1. The first-order chi connectivity index (χ1) is 14.6. The van der Waals surface area contributed by atoms with Gasteiger partial charge in [0.25, 0.3) is 11.8 Å². The van der Waals surface area contributed by atoms with Gasteiger partial charge < -0.3 is 10.1 Å². The molecule has 1 aliphatic rings. The quantitative estimate of drug-likeness (QED) is 0.558. The number of benzene rings is 2. The monoisotopic (exact) mass is 405 g/mol. The van der Waals surface area contributed by atoms with Crippen LogP contribution in [0.15, 0.2) is 61.1 Å². The number of aromatic nitrogens is 2. The second-order valence-corrected chi connectivity index (χ2v) is 6.64. The van der Waals surface area contributed by atoms with Crippen molar-refractivity contribution in [3.05, 3.63) is 72.3 Å². The van der Waals surface area contributed by atoms with E-state index in [0.29, 0.717) is 18.6 Å². The number of hydrogen-bond donors (Lipinski definition) is 3. The molecule has 9 heteroatoms. The maximum Gasteiger partial charge on any atom is 0.288 e. The minimum Gasteiger partial charge on any atom is -0.484 e. The molecule has 1 aliphatic heterocycles. The highest BCUT2D eigenvalue weighted by atomic mass is 16.5. The fourth-order valence-electron chi connectivity index (χ4n) is 3.08. The van der Waals surface area contributed by atoms with E-state index in [9.17, 15) is 14.4 Å². The lowest BCUT2D eigenvalue weighted by molar-refractivity contribution is -0.123. The summed E-state index contributed by atoms with van der Waals surface area (Å²) in [5, 5.41) is 2.79. The molecule has 0 atom stereocenters. The molecule has 0 spiro atoms. The maximum absolute atomic E-state index is 12.4. The third kappa shape index (κ3) is 4.30. The van der Waals surface area contributed by atoms with Crippen LogP contribution in [0.4, 0.5) is 5.69 Å². The lowest BCUT2D eigenvalue weighted by Crippen LogP contribution is -2.44. The van der Waals surface area contributed by atoms with Crippen molar-refractivity contribution in [1.29, 1.82) is 0 Å². The van der Waals surface area contributed by atoms with Crippen LogP contribution in [0.25, 0.3) is 5.69 Å². The zero-order valence-corrected chi connectivity index (χ0v) is 15.9. The summed E-state index contributed by atoms with van der Waals surface area (Å²) in [6.45, 7) is -0.274. The Balaban J connectivity index is 1.30. The average Bonchev–Trinajstić information content (AvgIpc) is 3.26. The summed E-state index contributed by atoms with van der Waals surface area (Å²) in [5.41, 5.74) is 7.45. The van der Waals surface area contributed by atoms with Gasteiger partial charge in [0, 0.05) is 17.8 Å². The zero-order chi connectivity index (χ0) is 20.9. The Labute approximate surface area is 172 Å². The molecule has 0 radical (unpaired) electrons. The smallest absolute Gasteiger partial charge is 0.288 e. The Morgan fingerprint density at radius 1 is 1.10 bits per heavy atom. The molecule has 4 rings (SSSR count). The summed E-state index contributed by atoms with van der Waals surface area (Å²) in [6.07, 6.45) is 3.98. The third-order valence-corrected chi connectivity index (χ3v) is 4.56. The second kappa shape index (κ2) is 8.48. The summed E-state index contributed by atoms with van der Waals surface area (Å²) < 4.78 is 7.10. The fraction of sp³-hybridized carbons (Fsp3) is 0.143. The number of amides is 3. The van der Waals surface area contributed by atoms with Crippen molar-refractivity contribution in [1.82, 2.24) is 20.4 Å². The third-order valence-electron chi connectivity index (χ3n) is 4.56. The van der Waals surface area contributed by atoms with Crippen LogP contribution in [0.3, 0.4) is 0 Å². The Bertz CT molecular complexity index is 1090. The molecule has 3 amide bonds. The van der Waals surface area contributed by atoms with E-state index in [0.717, 1.165) is 16.9 Å². The van der Waals surface area contributed by atoms with Gasteiger partial charge in [-0.2, -0.15) is 0 Å². The van der Waals surface area contributed by atoms with Gasteiger partial charge in [-0.1, -0.05) is 18.2 Å². The number of fused-ring (bicyclic) bond motifs is 1. The maximum atomic E-state index is 12.4. The highest BCUT2D eigenvalue weighted by Crippen LogP contribution is 2.26. The normalized spacial score (nSPS) is 12.5. The van der Waals surface area contributed by atoms with Gasteiger partial charge in [0.05, 0.1) is 12.5 Å². The van der Waals surface area contributed by atoms with Crippen LogP contribution in [0.1, 0.15) is 22.5 Å². The van der Waals surface area contributed by atoms with Gasteiger partial charge in [-0.05, 0) is 42.3 Å². The van der Waals surface area contributed by atoms with E-state index in [1.165, 1.54) is 12.5 Å². The van der Waals surface area contributed by atoms with Gasteiger partial charge in [0.15, 0.2) is 6.61 Å². The van der Waals surface area contributed by atoms with Crippen molar-refractivity contribution in [3.8, 4) is 11.4 Å². The molecule has 0 saturated heterocycles. The van der Waals surface area contributed by atoms with Crippen molar-refractivity contribution in [2.24, 2.45) is 0 Å². The Morgan fingerprint density at radius 2 is 1.93 bits per heavy atom. The largest absolute Gasteiger partial charge is 0.484 e. The Hall–Kier alpha value is -4.14. The van der Waals surface area contributed by atoms with Crippen LogP contribution in [0, 0.1) is 0 Å². The van der Waals surface area contributed by atoms with Gasteiger partial charge >= 0.3 is 0 Å². The van der Waals surface area contributed by atoms with Gasteiger partial charge in [-0.15, -0.1) is 0 Å². The number of carbonyl (C=O) groups is 3. The molecule has 3 aromatic rings. The summed E-state index contributed by atoms with van der Waals surface area (Å²) in [5.74, 6) is -0.525. The molecule has 152 valence electrons. The van der Waals surface area contributed by atoms with Crippen LogP contribution < -0.4 is 20.9 Å². The summed E-state index contributed by atoms with van der Waals surface area (Å²) in [4.78, 5) is 39.9. The molecule has 0 unspecified atom stereocenters. The number of anilines is 1. The van der Waals surface area contributed by atoms with Crippen LogP contribution in [0.5, 0.6) is 5.75 Å². The number of para-hydroxylation sites is 1. The molecule has 0 fully saturated rings. The molecule has 30 heavy (non-hydrogen) atoms. The topological polar surface area (TPSA) is 114 Å². The molecule has 2 heterocycles. The molecule has 0 saturated carbocycles. The van der Waals surface area contributed by atoms with Gasteiger partial charge in [-0.25, -0.2) is 4.98 Å². The lowest BCUT2D eigenvalue weighted by Gasteiger charge is -2.17. The zero-order valence-electron chi connectivity index (χ0n) is 15.9. The van der Waals surface area contributed by atoms with Gasteiger partial charge in [-0.3, -0.25) is 29.8 Å². The highest BCUT2D eigenvalue weighted by Gasteiger charge is 2.16. The van der Waals surface area contributed by atoms with E-state index in [1.807, 2.05) is 30.3 Å². The standard InChI is InChI=1S/C21H19N5O4/c27-19-9-6-14-10-16(7-8-17(14)23-19)30-12-20(28)24-25-21(29)18-11-22-13-26(18)15-4-2-1-3-5-15/h1-5,7-8,10-11,13H,6,9,12H2,(H,23,27)(H,24,28)(H,25,29). The van der Waals surface area contributed by atoms with Crippen LogP contribution in [-0.4, -0.2) is 33.9 Å². The van der Waals surface area contributed by atoms with Crippen LogP contribution in [0.2, 0.25) is 0 Å². The van der Waals surface area contributed by atoms with Gasteiger partial charge in [0.1, 0.15) is 11.4 Å².